The van der Waals surface area contributed by atoms with Gasteiger partial charge in [-0.15, -0.1) is 0 Å². The van der Waals surface area contributed by atoms with E-state index in [4.69, 9.17) is 0 Å². The molecule has 76 valence electrons. The lowest BCUT2D eigenvalue weighted by Gasteiger charge is -2.27. The summed E-state index contributed by atoms with van der Waals surface area (Å²) < 4.78 is 0. The van der Waals surface area contributed by atoms with Gasteiger partial charge < -0.3 is 4.99 Å². The normalized spacial score (nSPS) is 24.1. The molecule has 0 heterocycles. The second kappa shape index (κ2) is 5.41. The lowest BCUT2D eigenvalue weighted by atomic mass is 9.81. The number of nitrogens with zero attached hydrogens (tertiary/aromatic N) is 1. The van der Waals surface area contributed by atoms with Crippen LogP contribution in [0.15, 0.2) is 4.99 Å². The predicted octanol–water partition coefficient (Wildman–Crippen LogP) is 3.83. The summed E-state index contributed by atoms with van der Waals surface area (Å²) in [5, 5.41) is 0. The lowest BCUT2D eigenvalue weighted by Crippen LogP contribution is -2.19. The van der Waals surface area contributed by atoms with Crippen LogP contribution in [0.5, 0.6) is 0 Å². The van der Waals surface area contributed by atoms with E-state index in [0.717, 1.165) is 6.54 Å². The van der Waals surface area contributed by atoms with E-state index in [0.29, 0.717) is 5.41 Å². The van der Waals surface area contributed by atoms with Gasteiger partial charge in [-0.2, -0.15) is 0 Å². The molecule has 1 rings (SSSR count). The van der Waals surface area contributed by atoms with Crippen LogP contribution in [-0.2, 0) is 0 Å². The topological polar surface area (TPSA) is 12.4 Å². The third kappa shape index (κ3) is 3.93. The van der Waals surface area contributed by atoms with Gasteiger partial charge in [-0.3, -0.25) is 0 Å². The lowest BCUT2D eigenvalue weighted by molar-refractivity contribution is 0.272. The Morgan fingerprint density at radius 1 is 1.00 bits per heavy atom. The Morgan fingerprint density at radius 3 is 1.92 bits per heavy atom. The van der Waals surface area contributed by atoms with Gasteiger partial charge in [0, 0.05) is 6.54 Å². The Morgan fingerprint density at radius 2 is 1.46 bits per heavy atom. The minimum Gasteiger partial charge on any atom is -0.300 e. The van der Waals surface area contributed by atoms with Crippen LogP contribution >= 0.6 is 0 Å². The maximum Gasteiger partial charge on any atom is 0.0435 e. The number of hydrogen-bond donors (Lipinski definition) is 0. The van der Waals surface area contributed by atoms with Crippen molar-refractivity contribution in [3.05, 3.63) is 0 Å². The van der Waals surface area contributed by atoms with E-state index in [2.05, 4.69) is 18.6 Å². The molecule has 1 fully saturated rings. The van der Waals surface area contributed by atoms with Gasteiger partial charge in [0.25, 0.3) is 0 Å². The average Bonchev–Trinajstić information content (AvgIpc) is 2.18. The van der Waals surface area contributed by atoms with Crippen LogP contribution in [0.3, 0.4) is 0 Å². The van der Waals surface area contributed by atoms with E-state index < -0.39 is 0 Å². The molecule has 0 unspecified atom stereocenters. The molecule has 13 heavy (non-hydrogen) atoms. The largest absolute Gasteiger partial charge is 0.300 e. The summed E-state index contributed by atoms with van der Waals surface area (Å²) >= 11 is 0. The Hall–Kier alpha value is -0.330. The summed E-state index contributed by atoms with van der Waals surface area (Å²) in [5.74, 6) is 0. The summed E-state index contributed by atoms with van der Waals surface area (Å²) in [6.45, 7) is 6.97. The Kier molecular flexibility index (Phi) is 4.47. The fourth-order valence-electron chi connectivity index (χ4n) is 2.36. The zero-order valence-electron chi connectivity index (χ0n) is 9.02. The molecule has 0 saturated heterocycles. The van der Waals surface area contributed by atoms with E-state index in [9.17, 15) is 0 Å². The third-order valence-corrected chi connectivity index (χ3v) is 3.30. The SMILES string of the molecule is C=NCC1(C)CCCCCCCC1. The fourth-order valence-corrected chi connectivity index (χ4v) is 2.36. The van der Waals surface area contributed by atoms with Crippen LogP contribution in [0.4, 0.5) is 0 Å². The van der Waals surface area contributed by atoms with E-state index in [1.165, 1.54) is 51.4 Å². The van der Waals surface area contributed by atoms with Crippen molar-refractivity contribution in [3.63, 3.8) is 0 Å². The van der Waals surface area contributed by atoms with Crippen molar-refractivity contribution in [3.8, 4) is 0 Å². The number of hydrogen-bond acceptors (Lipinski definition) is 1. The first-order valence-corrected chi connectivity index (χ1v) is 5.69. The Bertz CT molecular complexity index is 141. The van der Waals surface area contributed by atoms with Gasteiger partial charge in [0.05, 0.1) is 0 Å². The minimum atomic E-state index is 0.464. The molecule has 1 nitrogen and oxygen atoms in total. The molecule has 0 radical (unpaired) electrons. The van der Waals surface area contributed by atoms with Gasteiger partial charge in [-0.25, -0.2) is 0 Å². The van der Waals surface area contributed by atoms with Gasteiger partial charge in [-0.05, 0) is 25.0 Å². The first kappa shape index (κ1) is 10.7. The van der Waals surface area contributed by atoms with Gasteiger partial charge in [-0.1, -0.05) is 45.4 Å². The van der Waals surface area contributed by atoms with Gasteiger partial charge in [0.1, 0.15) is 0 Å². The highest BCUT2D eigenvalue weighted by atomic mass is 14.7. The van der Waals surface area contributed by atoms with Crippen molar-refractivity contribution in [1.29, 1.82) is 0 Å². The van der Waals surface area contributed by atoms with E-state index in [1.807, 2.05) is 0 Å². The first-order chi connectivity index (χ1) is 6.27. The second-order valence-corrected chi connectivity index (χ2v) is 4.81. The summed E-state index contributed by atoms with van der Waals surface area (Å²) in [4.78, 5) is 4.08. The van der Waals surface area contributed by atoms with E-state index in [-0.39, 0.29) is 0 Å². The molecule has 0 N–H and O–H groups in total. The highest BCUT2D eigenvalue weighted by molar-refractivity contribution is 5.23. The van der Waals surface area contributed by atoms with Gasteiger partial charge >= 0.3 is 0 Å². The molecular weight excluding hydrogens is 158 g/mol. The van der Waals surface area contributed by atoms with Crippen LogP contribution in [0, 0.1) is 5.41 Å². The average molecular weight is 181 g/mol. The zero-order valence-corrected chi connectivity index (χ0v) is 9.02. The van der Waals surface area contributed by atoms with Crippen LogP contribution in [0.25, 0.3) is 0 Å². The third-order valence-electron chi connectivity index (χ3n) is 3.30. The van der Waals surface area contributed by atoms with E-state index in [1.54, 1.807) is 0 Å². The van der Waals surface area contributed by atoms with Crippen LogP contribution in [0.1, 0.15) is 58.3 Å². The van der Waals surface area contributed by atoms with Crippen molar-refractivity contribution in [2.45, 2.75) is 58.3 Å². The number of aliphatic imine (C=N–C) groups is 1. The molecule has 0 aliphatic heterocycles. The molecule has 0 aromatic rings. The summed E-state index contributed by atoms with van der Waals surface area (Å²) in [6, 6.07) is 0. The van der Waals surface area contributed by atoms with Crippen molar-refractivity contribution >= 4 is 6.72 Å². The molecule has 0 aromatic heterocycles. The molecule has 1 aliphatic carbocycles. The minimum absolute atomic E-state index is 0.464. The summed E-state index contributed by atoms with van der Waals surface area (Å²) in [6.07, 6.45) is 11.2. The molecule has 1 heteroatoms. The fraction of sp³-hybridized carbons (Fsp3) is 0.917. The second-order valence-electron chi connectivity index (χ2n) is 4.81. The van der Waals surface area contributed by atoms with Gasteiger partial charge in [0.2, 0.25) is 0 Å². The molecule has 0 amide bonds. The molecule has 1 aliphatic rings. The smallest absolute Gasteiger partial charge is 0.0435 e. The zero-order chi connectivity index (χ0) is 9.57. The Labute approximate surface area is 82.6 Å². The predicted molar refractivity (Wildman–Crippen MR) is 59.5 cm³/mol. The maximum atomic E-state index is 4.08. The molecule has 0 bridgehead atoms. The molecule has 0 atom stereocenters. The van der Waals surface area contributed by atoms with Crippen molar-refractivity contribution in [1.82, 2.24) is 0 Å². The highest BCUT2D eigenvalue weighted by Crippen LogP contribution is 2.33. The van der Waals surface area contributed by atoms with Crippen molar-refractivity contribution in [2.24, 2.45) is 10.4 Å². The quantitative estimate of drug-likeness (QED) is 0.574. The maximum absolute atomic E-state index is 4.08. The summed E-state index contributed by atoms with van der Waals surface area (Å²) in [5.41, 5.74) is 0.464. The molecule has 0 aromatic carbocycles. The van der Waals surface area contributed by atoms with Crippen molar-refractivity contribution < 1.29 is 0 Å². The molecular formula is C12H23N. The molecule has 0 spiro atoms. The van der Waals surface area contributed by atoms with Crippen LogP contribution in [0.2, 0.25) is 0 Å². The monoisotopic (exact) mass is 181 g/mol. The highest BCUT2D eigenvalue weighted by Gasteiger charge is 2.23. The van der Waals surface area contributed by atoms with Crippen LogP contribution < -0.4 is 0 Å². The number of rotatable bonds is 2. The van der Waals surface area contributed by atoms with Crippen LogP contribution in [-0.4, -0.2) is 13.3 Å². The molecule has 1 saturated carbocycles. The van der Waals surface area contributed by atoms with E-state index >= 15 is 0 Å². The Balaban J connectivity index is 2.43. The summed E-state index contributed by atoms with van der Waals surface area (Å²) in [7, 11) is 0. The van der Waals surface area contributed by atoms with Gasteiger partial charge in [0.15, 0.2) is 0 Å². The standard InChI is InChI=1S/C12H23N/c1-12(11-13-2)9-7-5-3-4-6-8-10-12/h2-11H2,1H3. The first-order valence-electron chi connectivity index (χ1n) is 5.69. The van der Waals surface area contributed by atoms with Crippen molar-refractivity contribution in [2.75, 3.05) is 6.54 Å².